The molecule has 44 heavy (non-hydrogen) atoms. The monoisotopic (exact) mass is 598 g/mol. The van der Waals surface area contributed by atoms with E-state index in [4.69, 9.17) is 19.4 Å². The molecule has 8 nitrogen and oxygen atoms in total. The summed E-state index contributed by atoms with van der Waals surface area (Å²) in [6, 6.07) is 24.1. The van der Waals surface area contributed by atoms with E-state index in [1.165, 1.54) is 18.3 Å². The number of hydrogen-bond donors (Lipinski definition) is 2. The van der Waals surface area contributed by atoms with Gasteiger partial charge in [-0.2, -0.15) is 10.5 Å². The zero-order valence-electron chi connectivity index (χ0n) is 23.5. The Kier molecular flexibility index (Phi) is 6.95. The van der Waals surface area contributed by atoms with E-state index >= 15 is 0 Å². The van der Waals surface area contributed by atoms with Gasteiger partial charge in [-0.1, -0.05) is 59.3 Å². The van der Waals surface area contributed by atoms with Gasteiger partial charge in [-0.3, -0.25) is 4.98 Å². The van der Waals surface area contributed by atoms with Crippen LogP contribution in [-0.2, 0) is 5.44 Å². The van der Waals surface area contributed by atoms with Crippen LogP contribution >= 0.6 is 11.6 Å². The quantitative estimate of drug-likeness (QED) is 0.183. The van der Waals surface area contributed by atoms with Crippen molar-refractivity contribution >= 4 is 41.7 Å². The average Bonchev–Trinajstić information content (AvgIpc) is 3.98. The summed E-state index contributed by atoms with van der Waals surface area (Å²) in [6.45, 7) is 0. The highest BCUT2D eigenvalue weighted by atomic mass is 35.5. The fraction of sp³-hybridized carbons (Fsp3) is 0.242. The summed E-state index contributed by atoms with van der Waals surface area (Å²) in [7, 11) is 7.07. The number of hydrogen-bond acceptors (Lipinski definition) is 7. The Hall–Kier alpha value is -4.93. The largest absolute Gasteiger partial charge is 0.378 e. The van der Waals surface area contributed by atoms with Crippen molar-refractivity contribution in [1.29, 1.82) is 10.5 Å². The van der Waals surface area contributed by atoms with Crippen molar-refractivity contribution in [2.24, 2.45) is 11.8 Å². The van der Waals surface area contributed by atoms with Crippen molar-refractivity contribution in [1.82, 2.24) is 20.0 Å². The molecule has 0 amide bonds. The van der Waals surface area contributed by atoms with Gasteiger partial charge in [-0.25, -0.2) is 9.07 Å². The van der Waals surface area contributed by atoms with Crippen LogP contribution in [-0.4, -0.2) is 27.8 Å². The van der Waals surface area contributed by atoms with E-state index in [0.29, 0.717) is 44.1 Å². The molecule has 2 fully saturated rings. The Morgan fingerprint density at radius 2 is 1.86 bits per heavy atom. The molecule has 2 radical (unpaired) electrons. The van der Waals surface area contributed by atoms with Crippen molar-refractivity contribution in [3.05, 3.63) is 112 Å². The molecular formula is C33H25BClFN8. The highest BCUT2D eigenvalue weighted by molar-refractivity contribution is 6.36. The number of rotatable bonds is 9. The van der Waals surface area contributed by atoms with Crippen LogP contribution in [0.3, 0.4) is 0 Å². The molecule has 0 aliphatic heterocycles. The van der Waals surface area contributed by atoms with Crippen LogP contribution in [0.25, 0.3) is 10.9 Å². The minimum Gasteiger partial charge on any atom is -0.378 e. The third-order valence-electron chi connectivity index (χ3n) is 8.41. The van der Waals surface area contributed by atoms with Gasteiger partial charge in [0, 0.05) is 23.2 Å². The number of nitriles is 2. The molecule has 11 heteroatoms. The van der Waals surface area contributed by atoms with Gasteiger partial charge < -0.3 is 10.6 Å². The number of nitrogens with one attached hydrogen (secondary N) is 2. The molecule has 2 aromatic heterocycles. The van der Waals surface area contributed by atoms with E-state index in [1.807, 2.05) is 42.6 Å². The highest BCUT2D eigenvalue weighted by Crippen LogP contribution is 2.49. The first-order valence-corrected chi connectivity index (χ1v) is 14.7. The number of pyridine rings is 1. The first-order valence-electron chi connectivity index (χ1n) is 14.4. The molecule has 2 unspecified atom stereocenters. The molecule has 5 aromatic rings. The standard InChI is InChI=1S/C33H25BClFN8/c34-33(22-6-8-23(36)9-7-22,29-18-44(43-42-29)25-10-11-25)41-24-13-27-31(21(16-38)17-39-32(27)28(35)14-24)40-30(26-12-20(26)15-37)19-4-2-1-3-5-19/h1-9,13-14,17-18,20,25-26,30,41H,10-12H2,(H,39,40)/t20?,26-,30+,33?/m1/s1. The first kappa shape index (κ1) is 27.9. The maximum Gasteiger partial charge on any atom is 0.123 e. The molecule has 0 saturated heterocycles. The van der Waals surface area contributed by atoms with Gasteiger partial charge in [0.05, 0.1) is 57.5 Å². The van der Waals surface area contributed by atoms with E-state index < -0.39 is 5.44 Å². The Morgan fingerprint density at radius 1 is 1.09 bits per heavy atom. The van der Waals surface area contributed by atoms with Gasteiger partial charge in [0.15, 0.2) is 0 Å². The smallest absolute Gasteiger partial charge is 0.123 e. The number of benzene rings is 3. The van der Waals surface area contributed by atoms with Gasteiger partial charge in [0.25, 0.3) is 0 Å². The van der Waals surface area contributed by atoms with E-state index in [1.54, 1.807) is 22.9 Å². The Balaban J connectivity index is 1.33. The van der Waals surface area contributed by atoms with Crippen LogP contribution in [0.15, 0.2) is 79.1 Å². The van der Waals surface area contributed by atoms with Crippen molar-refractivity contribution in [3.8, 4) is 12.1 Å². The Labute approximate surface area is 259 Å². The summed E-state index contributed by atoms with van der Waals surface area (Å²) in [4.78, 5) is 4.50. The zero-order chi connectivity index (χ0) is 30.4. The van der Waals surface area contributed by atoms with E-state index in [-0.39, 0.29) is 29.7 Å². The van der Waals surface area contributed by atoms with Crippen LogP contribution < -0.4 is 10.6 Å². The molecule has 2 saturated carbocycles. The minimum atomic E-state index is -1.40. The number of anilines is 2. The second-order valence-corrected chi connectivity index (χ2v) is 11.8. The molecule has 214 valence electrons. The number of aromatic nitrogens is 4. The second kappa shape index (κ2) is 11.0. The van der Waals surface area contributed by atoms with E-state index in [2.05, 4.69) is 38.1 Å². The molecule has 2 heterocycles. The average molecular weight is 599 g/mol. The SMILES string of the molecule is [B]C(Nc1cc(Cl)c2ncc(C#N)c(N[C@@H](c3ccccc3)[C@@H]3CC3C#N)c2c1)(c1ccc(F)cc1)c1cn(C2CC2)nn1. The lowest BCUT2D eigenvalue weighted by Crippen LogP contribution is -2.37. The molecule has 0 bridgehead atoms. The van der Waals surface area contributed by atoms with Gasteiger partial charge in [-0.15, -0.1) is 5.10 Å². The maximum atomic E-state index is 13.9. The van der Waals surface area contributed by atoms with Crippen LogP contribution in [0.1, 0.15) is 53.7 Å². The summed E-state index contributed by atoms with van der Waals surface area (Å²) < 4.78 is 15.7. The molecule has 2 aliphatic rings. The van der Waals surface area contributed by atoms with Gasteiger partial charge >= 0.3 is 0 Å². The summed E-state index contributed by atoms with van der Waals surface area (Å²) in [5, 5.41) is 36.4. The third-order valence-corrected chi connectivity index (χ3v) is 8.70. The number of fused-ring (bicyclic) bond motifs is 1. The van der Waals surface area contributed by atoms with Crippen LogP contribution in [0.2, 0.25) is 5.02 Å². The van der Waals surface area contributed by atoms with Crippen molar-refractivity contribution in [2.75, 3.05) is 10.6 Å². The van der Waals surface area contributed by atoms with Crippen LogP contribution in [0.4, 0.5) is 15.8 Å². The lowest BCUT2D eigenvalue weighted by Gasteiger charge is -2.32. The molecule has 7 rings (SSSR count). The summed E-state index contributed by atoms with van der Waals surface area (Å²) >= 11 is 6.82. The summed E-state index contributed by atoms with van der Waals surface area (Å²) in [6.07, 6.45) is 6.12. The molecule has 4 atom stereocenters. The molecule has 0 spiro atoms. The minimum absolute atomic E-state index is 0.0789. The molecule has 2 N–H and O–H groups in total. The van der Waals surface area contributed by atoms with E-state index in [0.717, 1.165) is 24.8 Å². The molecular weight excluding hydrogens is 574 g/mol. The second-order valence-electron chi connectivity index (χ2n) is 11.4. The van der Waals surface area contributed by atoms with Gasteiger partial charge in [-0.05, 0) is 54.7 Å². The van der Waals surface area contributed by atoms with Crippen LogP contribution in [0.5, 0.6) is 0 Å². The molecule has 2 aliphatic carbocycles. The predicted molar refractivity (Wildman–Crippen MR) is 166 cm³/mol. The van der Waals surface area contributed by atoms with Gasteiger partial charge in [0.2, 0.25) is 0 Å². The van der Waals surface area contributed by atoms with Crippen LogP contribution in [0, 0.1) is 40.3 Å². The Bertz CT molecular complexity index is 1950. The summed E-state index contributed by atoms with van der Waals surface area (Å²) in [5.74, 6) is -0.387. The number of halogens is 2. The lowest BCUT2D eigenvalue weighted by molar-refractivity contribution is 0.610. The summed E-state index contributed by atoms with van der Waals surface area (Å²) in [5.41, 5.74) is 2.58. The van der Waals surface area contributed by atoms with Crippen molar-refractivity contribution in [3.63, 3.8) is 0 Å². The number of nitrogens with zero attached hydrogens (tertiary/aromatic N) is 6. The fourth-order valence-corrected chi connectivity index (χ4v) is 6.02. The van der Waals surface area contributed by atoms with E-state index in [9.17, 15) is 14.9 Å². The maximum absolute atomic E-state index is 13.9. The highest BCUT2D eigenvalue weighted by Gasteiger charge is 2.44. The third kappa shape index (κ3) is 5.12. The Morgan fingerprint density at radius 3 is 2.55 bits per heavy atom. The van der Waals surface area contributed by atoms with Gasteiger partial charge in [0.1, 0.15) is 25.4 Å². The normalized spacial score (nSPS) is 19.4. The predicted octanol–water partition coefficient (Wildman–Crippen LogP) is 6.62. The molecule has 3 aromatic carbocycles. The zero-order valence-corrected chi connectivity index (χ0v) is 24.2. The fourth-order valence-electron chi connectivity index (χ4n) is 5.76. The lowest BCUT2D eigenvalue weighted by atomic mass is 9.69. The topological polar surface area (TPSA) is 115 Å². The first-order chi connectivity index (χ1) is 21.4. The van der Waals surface area contributed by atoms with Crippen molar-refractivity contribution in [2.45, 2.75) is 36.8 Å². The van der Waals surface area contributed by atoms with Crippen molar-refractivity contribution < 1.29 is 4.39 Å².